The Bertz CT molecular complexity index is 1400. The molecule has 1 aliphatic carbocycles. The van der Waals surface area contributed by atoms with Crippen molar-refractivity contribution in [2.24, 2.45) is 27.6 Å². The maximum Gasteiger partial charge on any atom is 0.257 e. The smallest absolute Gasteiger partial charge is 0.257 e. The predicted molar refractivity (Wildman–Crippen MR) is 140 cm³/mol. The van der Waals surface area contributed by atoms with Crippen LogP contribution in [-0.2, 0) is 30.8 Å². The molecule has 0 spiro atoms. The quantitative estimate of drug-likeness (QED) is 0.486. The third-order valence-corrected chi connectivity index (χ3v) is 9.28. The van der Waals surface area contributed by atoms with E-state index in [4.69, 9.17) is 10.9 Å². The van der Waals surface area contributed by atoms with Gasteiger partial charge in [-0.2, -0.15) is 0 Å². The third-order valence-electron chi connectivity index (χ3n) is 8.35. The van der Waals surface area contributed by atoms with Crippen LogP contribution < -0.4 is 15.8 Å². The van der Waals surface area contributed by atoms with Gasteiger partial charge in [0.25, 0.3) is 5.91 Å². The molecular weight excluding hydrogens is 508 g/mol. The molecule has 2 aromatic rings. The first-order chi connectivity index (χ1) is 17.6. The highest BCUT2D eigenvalue weighted by Gasteiger charge is 2.69. The van der Waals surface area contributed by atoms with Crippen molar-refractivity contribution in [3.63, 3.8) is 0 Å². The molecule has 4 N–H and O–H groups in total. The number of imide groups is 1. The minimum absolute atomic E-state index is 0.0229. The molecule has 2 fully saturated rings. The highest BCUT2D eigenvalue weighted by molar-refractivity contribution is 7.89. The molecule has 2 aromatic carbocycles. The van der Waals surface area contributed by atoms with Crippen LogP contribution in [0.15, 0.2) is 53.4 Å². The van der Waals surface area contributed by atoms with Crippen LogP contribution in [-0.4, -0.2) is 49.5 Å². The van der Waals surface area contributed by atoms with Gasteiger partial charge in [-0.1, -0.05) is 39.8 Å². The molecule has 1 saturated heterocycles. The van der Waals surface area contributed by atoms with E-state index in [-0.39, 0.29) is 46.1 Å². The van der Waals surface area contributed by atoms with E-state index in [0.29, 0.717) is 12.1 Å². The first-order valence-electron chi connectivity index (χ1n) is 12.3. The second-order valence-corrected chi connectivity index (χ2v) is 12.6. The molecule has 0 radical (unpaired) electrons. The van der Waals surface area contributed by atoms with Crippen LogP contribution >= 0.6 is 0 Å². The average molecular weight is 541 g/mol. The number of hydrogen-bond donors (Lipinski definition) is 2. The van der Waals surface area contributed by atoms with Gasteiger partial charge in [0, 0.05) is 18.0 Å². The number of benzene rings is 2. The van der Waals surface area contributed by atoms with Crippen molar-refractivity contribution in [1.29, 1.82) is 0 Å². The van der Waals surface area contributed by atoms with Gasteiger partial charge in [0.15, 0.2) is 0 Å². The van der Waals surface area contributed by atoms with Gasteiger partial charge in [-0.05, 0) is 59.2 Å². The number of primary sulfonamides is 1. The number of anilines is 1. The van der Waals surface area contributed by atoms with Crippen LogP contribution in [0.1, 0.15) is 50.0 Å². The second-order valence-electron chi connectivity index (χ2n) is 11.0. The van der Waals surface area contributed by atoms with Crippen molar-refractivity contribution >= 4 is 39.3 Å². The molecule has 2 aliphatic rings. The van der Waals surface area contributed by atoms with Gasteiger partial charge in [-0.25, -0.2) is 18.5 Å². The summed E-state index contributed by atoms with van der Waals surface area (Å²) in [5.74, 6) is -2.12. The standard InChI is InChI=1S/C27H32N4O6S/c1-26(2)22(27(26,3)4)25(35)30(14-13-16-5-11-19(12-6-16)38(29,36)37)20-15-21(32)31(24(20)34)18-9-7-17(8-10-18)23(28)33/h5-12,20,22H,13-15H2,1-4H3,(H2,28,33)(H2,29,36,37). The van der Waals surface area contributed by atoms with Gasteiger partial charge in [-0.3, -0.25) is 19.2 Å². The second kappa shape index (κ2) is 9.32. The lowest BCUT2D eigenvalue weighted by atomic mass is 10.0. The van der Waals surface area contributed by atoms with E-state index in [9.17, 15) is 27.6 Å². The first-order valence-corrected chi connectivity index (χ1v) is 13.8. The van der Waals surface area contributed by atoms with Crippen molar-refractivity contribution in [1.82, 2.24) is 4.90 Å². The summed E-state index contributed by atoms with van der Waals surface area (Å²) in [6.45, 7) is 8.19. The zero-order chi connectivity index (χ0) is 28.2. The zero-order valence-corrected chi connectivity index (χ0v) is 22.6. The Hall–Kier alpha value is -3.57. The fourth-order valence-corrected chi connectivity index (χ4v) is 5.92. The summed E-state index contributed by atoms with van der Waals surface area (Å²) >= 11 is 0. The molecule has 1 saturated carbocycles. The number of carbonyl (C=O) groups excluding carboxylic acids is 4. The number of nitrogens with two attached hydrogens (primary N) is 2. The van der Waals surface area contributed by atoms with Gasteiger partial charge in [0.1, 0.15) is 6.04 Å². The van der Waals surface area contributed by atoms with Crippen molar-refractivity contribution in [3.05, 3.63) is 59.7 Å². The maximum absolute atomic E-state index is 13.8. The highest BCUT2D eigenvalue weighted by Crippen LogP contribution is 2.69. The molecule has 10 nitrogen and oxygen atoms in total. The number of nitrogens with zero attached hydrogens (tertiary/aromatic N) is 2. The van der Waals surface area contributed by atoms with Gasteiger partial charge >= 0.3 is 0 Å². The van der Waals surface area contributed by atoms with Gasteiger partial charge in [0.2, 0.25) is 27.7 Å². The molecule has 1 atom stereocenters. The monoisotopic (exact) mass is 540 g/mol. The first kappa shape index (κ1) is 27.5. The van der Waals surface area contributed by atoms with E-state index in [0.717, 1.165) is 10.5 Å². The van der Waals surface area contributed by atoms with Gasteiger partial charge in [-0.15, -0.1) is 0 Å². The summed E-state index contributed by atoms with van der Waals surface area (Å²) in [6.07, 6.45) is 0.176. The number of primary amides is 1. The minimum Gasteiger partial charge on any atom is -0.366 e. The molecule has 11 heteroatoms. The lowest BCUT2D eigenvalue weighted by molar-refractivity contribution is -0.140. The number of amides is 4. The Labute approximate surface area is 222 Å². The minimum atomic E-state index is -3.84. The number of sulfonamides is 1. The highest BCUT2D eigenvalue weighted by atomic mass is 32.2. The Balaban J connectivity index is 1.61. The Morgan fingerprint density at radius 3 is 2.00 bits per heavy atom. The number of rotatable bonds is 8. The molecule has 0 bridgehead atoms. The summed E-state index contributed by atoms with van der Waals surface area (Å²) in [4.78, 5) is 54.3. The normalized spacial score (nSPS) is 20.4. The molecular formula is C27H32N4O6S. The van der Waals surface area contributed by atoms with E-state index in [1.54, 1.807) is 12.1 Å². The lowest BCUT2D eigenvalue weighted by Crippen LogP contribution is -2.47. The molecule has 1 unspecified atom stereocenters. The summed E-state index contributed by atoms with van der Waals surface area (Å²) in [7, 11) is -3.84. The van der Waals surface area contributed by atoms with Crippen LogP contribution in [0.2, 0.25) is 0 Å². The maximum atomic E-state index is 13.8. The molecule has 202 valence electrons. The lowest BCUT2D eigenvalue weighted by Gasteiger charge is -2.29. The molecule has 1 aliphatic heterocycles. The molecule has 4 rings (SSSR count). The summed E-state index contributed by atoms with van der Waals surface area (Å²) in [6, 6.07) is 10.9. The largest absolute Gasteiger partial charge is 0.366 e. The Morgan fingerprint density at radius 1 is 0.974 bits per heavy atom. The van der Waals surface area contributed by atoms with E-state index in [2.05, 4.69) is 0 Å². The summed E-state index contributed by atoms with van der Waals surface area (Å²) in [5, 5.41) is 5.18. The fraction of sp³-hybridized carbons (Fsp3) is 0.407. The molecule has 38 heavy (non-hydrogen) atoms. The van der Waals surface area contributed by atoms with Crippen LogP contribution in [0.25, 0.3) is 0 Å². The molecule has 4 amide bonds. The summed E-state index contributed by atoms with van der Waals surface area (Å²) in [5.41, 5.74) is 6.01. The molecule has 1 heterocycles. The van der Waals surface area contributed by atoms with Crippen molar-refractivity contribution < 1.29 is 27.6 Å². The van der Waals surface area contributed by atoms with Crippen LogP contribution in [0.3, 0.4) is 0 Å². The fourth-order valence-electron chi connectivity index (χ4n) is 5.40. The van der Waals surface area contributed by atoms with Crippen LogP contribution in [0.5, 0.6) is 0 Å². The number of carbonyl (C=O) groups is 4. The van der Waals surface area contributed by atoms with Gasteiger partial charge in [0.05, 0.1) is 17.0 Å². The third kappa shape index (κ3) is 4.71. The van der Waals surface area contributed by atoms with Crippen molar-refractivity contribution in [2.45, 2.75) is 51.5 Å². The Kier molecular flexibility index (Phi) is 6.73. The van der Waals surface area contributed by atoms with Gasteiger partial charge < -0.3 is 10.6 Å². The van der Waals surface area contributed by atoms with E-state index in [1.165, 1.54) is 41.3 Å². The average Bonchev–Trinajstić information content (AvgIpc) is 3.06. The van der Waals surface area contributed by atoms with Crippen molar-refractivity contribution in [2.75, 3.05) is 11.4 Å². The SMILES string of the molecule is CC1(C)C(C(=O)N(CCc2ccc(S(N)(=O)=O)cc2)C2CC(=O)N(c3ccc(C(N)=O)cc3)C2=O)C1(C)C. The Morgan fingerprint density at radius 2 is 1.53 bits per heavy atom. The predicted octanol–water partition coefficient (Wildman–Crippen LogP) is 1.82. The zero-order valence-electron chi connectivity index (χ0n) is 21.8. The summed E-state index contributed by atoms with van der Waals surface area (Å²) < 4.78 is 23.1. The number of hydrogen-bond acceptors (Lipinski definition) is 6. The molecule has 0 aromatic heterocycles. The van der Waals surface area contributed by atoms with E-state index >= 15 is 0 Å². The van der Waals surface area contributed by atoms with E-state index < -0.39 is 33.8 Å². The van der Waals surface area contributed by atoms with Crippen molar-refractivity contribution in [3.8, 4) is 0 Å². The van der Waals surface area contributed by atoms with Crippen LogP contribution in [0.4, 0.5) is 5.69 Å². The van der Waals surface area contributed by atoms with Crippen LogP contribution in [0, 0.1) is 16.7 Å². The van der Waals surface area contributed by atoms with E-state index in [1.807, 2.05) is 27.7 Å². The topological polar surface area (TPSA) is 161 Å².